The molecule has 0 aliphatic heterocycles. The van der Waals surface area contributed by atoms with E-state index in [1.54, 1.807) is 0 Å². The number of carboxylic acid groups (broad SMARTS) is 2. The van der Waals surface area contributed by atoms with Crippen molar-refractivity contribution in [2.75, 3.05) is 6.54 Å². The molecule has 1 unspecified atom stereocenters. The summed E-state index contributed by atoms with van der Waals surface area (Å²) in [4.78, 5) is 45.5. The Hall–Kier alpha value is -2.12. The van der Waals surface area contributed by atoms with Gasteiger partial charge in [0.15, 0.2) is 0 Å². The quantitative estimate of drug-likeness (QED) is 0.413. The van der Waals surface area contributed by atoms with Gasteiger partial charge in [0.1, 0.15) is 6.04 Å². The van der Waals surface area contributed by atoms with Crippen molar-refractivity contribution in [3.05, 3.63) is 0 Å². The second-order valence-electron chi connectivity index (χ2n) is 6.06. The van der Waals surface area contributed by atoms with Crippen LogP contribution >= 0.6 is 0 Å². The van der Waals surface area contributed by atoms with Gasteiger partial charge in [0.2, 0.25) is 11.8 Å². The molecule has 132 valence electrons. The molecule has 0 radical (unpaired) electrons. The maximum Gasteiger partial charge on any atom is 0.326 e. The van der Waals surface area contributed by atoms with Crippen molar-refractivity contribution in [2.24, 2.45) is 5.41 Å². The van der Waals surface area contributed by atoms with Gasteiger partial charge in [0, 0.05) is 13.0 Å². The van der Waals surface area contributed by atoms with Crippen molar-refractivity contribution in [3.63, 3.8) is 0 Å². The molecule has 0 aromatic rings. The zero-order valence-electron chi connectivity index (χ0n) is 13.8. The van der Waals surface area contributed by atoms with Crippen LogP contribution < -0.4 is 10.6 Å². The summed E-state index contributed by atoms with van der Waals surface area (Å²) in [5, 5.41) is 22.9. The third-order valence-corrected chi connectivity index (χ3v) is 3.32. The summed E-state index contributed by atoms with van der Waals surface area (Å²) in [5.74, 6) is -3.35. The number of carbonyl (C=O) groups excluding carboxylic acids is 2. The summed E-state index contributed by atoms with van der Waals surface area (Å²) in [5.41, 5.74) is -1.23. The summed E-state index contributed by atoms with van der Waals surface area (Å²) < 4.78 is 0. The first-order chi connectivity index (χ1) is 10.6. The Morgan fingerprint density at radius 1 is 1.13 bits per heavy atom. The van der Waals surface area contributed by atoms with Crippen molar-refractivity contribution in [1.82, 2.24) is 10.6 Å². The van der Waals surface area contributed by atoms with Gasteiger partial charge in [-0.3, -0.25) is 14.4 Å². The van der Waals surface area contributed by atoms with Crippen LogP contribution in [-0.2, 0) is 19.2 Å². The Kier molecular flexibility index (Phi) is 8.90. The highest BCUT2D eigenvalue weighted by Crippen LogP contribution is 2.20. The molecule has 8 nitrogen and oxygen atoms in total. The first-order valence-electron chi connectivity index (χ1n) is 7.62. The maximum atomic E-state index is 12.0. The minimum Gasteiger partial charge on any atom is -0.481 e. The van der Waals surface area contributed by atoms with Gasteiger partial charge in [-0.05, 0) is 12.8 Å². The lowest BCUT2D eigenvalue weighted by atomic mass is 9.88. The number of carbonyl (C=O) groups is 4. The fraction of sp³-hybridized carbons (Fsp3) is 0.733. The van der Waals surface area contributed by atoms with E-state index in [4.69, 9.17) is 10.2 Å². The van der Waals surface area contributed by atoms with Gasteiger partial charge in [0.05, 0.1) is 11.8 Å². The number of nitrogens with one attached hydrogen (secondary N) is 2. The van der Waals surface area contributed by atoms with Gasteiger partial charge < -0.3 is 20.8 Å². The predicted octanol–water partition coefficient (Wildman–Crippen LogP) is 0.753. The Bertz CT molecular complexity index is 447. The fourth-order valence-corrected chi connectivity index (χ4v) is 1.84. The topological polar surface area (TPSA) is 133 Å². The second-order valence-corrected chi connectivity index (χ2v) is 6.06. The van der Waals surface area contributed by atoms with Crippen LogP contribution in [0.2, 0.25) is 0 Å². The molecule has 2 amide bonds. The van der Waals surface area contributed by atoms with Crippen LogP contribution in [0.4, 0.5) is 0 Å². The van der Waals surface area contributed by atoms with Gasteiger partial charge in [-0.1, -0.05) is 27.2 Å². The predicted molar refractivity (Wildman–Crippen MR) is 82.8 cm³/mol. The molecule has 0 saturated carbocycles. The molecule has 4 N–H and O–H groups in total. The number of unbranched alkanes of at least 4 members (excludes halogenated alkanes) is 1. The van der Waals surface area contributed by atoms with Gasteiger partial charge in [-0.25, -0.2) is 4.79 Å². The Morgan fingerprint density at radius 2 is 1.74 bits per heavy atom. The summed E-state index contributed by atoms with van der Waals surface area (Å²) in [7, 11) is 0. The summed E-state index contributed by atoms with van der Waals surface area (Å²) in [6, 6.07) is -1.23. The number of hydrogen-bond acceptors (Lipinski definition) is 4. The average Bonchev–Trinajstić information content (AvgIpc) is 2.41. The van der Waals surface area contributed by atoms with Crippen LogP contribution in [0.5, 0.6) is 0 Å². The van der Waals surface area contributed by atoms with E-state index in [0.29, 0.717) is 6.54 Å². The van der Waals surface area contributed by atoms with E-state index in [-0.39, 0.29) is 18.7 Å². The monoisotopic (exact) mass is 330 g/mol. The van der Waals surface area contributed by atoms with Crippen molar-refractivity contribution in [3.8, 4) is 0 Å². The first kappa shape index (κ1) is 20.9. The molecular weight excluding hydrogens is 304 g/mol. The van der Waals surface area contributed by atoms with Crippen LogP contribution in [0.3, 0.4) is 0 Å². The molecule has 0 aliphatic rings. The van der Waals surface area contributed by atoms with Crippen LogP contribution in [0.25, 0.3) is 0 Å². The first-order valence-corrected chi connectivity index (χ1v) is 7.62. The van der Waals surface area contributed by atoms with E-state index in [1.807, 2.05) is 6.92 Å². The molecule has 0 rings (SSSR count). The van der Waals surface area contributed by atoms with Crippen molar-refractivity contribution in [2.45, 2.75) is 58.9 Å². The molecule has 0 aromatic carbocycles. The van der Waals surface area contributed by atoms with Crippen LogP contribution in [0, 0.1) is 5.41 Å². The minimum absolute atomic E-state index is 0.0275. The lowest BCUT2D eigenvalue weighted by molar-refractivity contribution is -0.146. The second kappa shape index (κ2) is 9.81. The third-order valence-electron chi connectivity index (χ3n) is 3.32. The van der Waals surface area contributed by atoms with E-state index in [9.17, 15) is 19.2 Å². The summed E-state index contributed by atoms with van der Waals surface area (Å²) in [6.07, 6.45) is 1.28. The van der Waals surface area contributed by atoms with Crippen molar-refractivity contribution >= 4 is 23.8 Å². The van der Waals surface area contributed by atoms with Gasteiger partial charge in [-0.2, -0.15) is 0 Å². The summed E-state index contributed by atoms with van der Waals surface area (Å²) in [6.45, 7) is 5.37. The van der Waals surface area contributed by atoms with Crippen LogP contribution in [0.1, 0.15) is 52.9 Å². The summed E-state index contributed by atoms with van der Waals surface area (Å²) >= 11 is 0. The average molecular weight is 330 g/mol. The molecule has 0 heterocycles. The molecule has 1 atom stereocenters. The van der Waals surface area contributed by atoms with Gasteiger partial charge in [-0.15, -0.1) is 0 Å². The largest absolute Gasteiger partial charge is 0.481 e. The zero-order valence-corrected chi connectivity index (χ0v) is 13.8. The number of carboxylic acids is 2. The van der Waals surface area contributed by atoms with E-state index in [0.717, 1.165) is 12.8 Å². The molecular formula is C15H26N2O6. The highest BCUT2D eigenvalue weighted by Gasteiger charge is 2.33. The minimum atomic E-state index is -1.26. The van der Waals surface area contributed by atoms with Gasteiger partial charge in [0.25, 0.3) is 0 Å². The number of amides is 2. The molecule has 0 aromatic heterocycles. The molecule has 0 saturated heterocycles. The van der Waals surface area contributed by atoms with Crippen LogP contribution in [0.15, 0.2) is 0 Å². The third kappa shape index (κ3) is 8.80. The molecule has 0 spiro atoms. The Morgan fingerprint density at radius 3 is 2.22 bits per heavy atom. The van der Waals surface area contributed by atoms with E-state index >= 15 is 0 Å². The maximum absolute atomic E-state index is 12.0. The zero-order chi connectivity index (χ0) is 18.0. The molecule has 23 heavy (non-hydrogen) atoms. The normalized spacial score (nSPS) is 12.3. The van der Waals surface area contributed by atoms with Crippen LogP contribution in [-0.4, -0.2) is 46.6 Å². The highest BCUT2D eigenvalue weighted by molar-refractivity contribution is 5.89. The van der Waals surface area contributed by atoms with E-state index in [1.165, 1.54) is 13.8 Å². The Labute approximate surface area is 135 Å². The smallest absolute Gasteiger partial charge is 0.326 e. The molecule has 8 heteroatoms. The number of rotatable bonds is 11. The SMILES string of the molecule is CCCCNC(=O)CCC(NC(=O)C(C)(C)CC(=O)O)C(=O)O. The van der Waals surface area contributed by atoms with E-state index < -0.39 is 35.7 Å². The molecule has 0 bridgehead atoms. The number of aliphatic carboxylic acids is 2. The fourth-order valence-electron chi connectivity index (χ4n) is 1.84. The lowest BCUT2D eigenvalue weighted by Crippen LogP contribution is -2.47. The Balaban J connectivity index is 4.52. The lowest BCUT2D eigenvalue weighted by Gasteiger charge is -2.24. The highest BCUT2D eigenvalue weighted by atomic mass is 16.4. The molecule has 0 aliphatic carbocycles. The van der Waals surface area contributed by atoms with Crippen molar-refractivity contribution in [1.29, 1.82) is 0 Å². The van der Waals surface area contributed by atoms with E-state index in [2.05, 4.69) is 10.6 Å². The number of hydrogen-bond donors (Lipinski definition) is 4. The van der Waals surface area contributed by atoms with Gasteiger partial charge >= 0.3 is 11.9 Å². The molecule has 0 fully saturated rings. The van der Waals surface area contributed by atoms with Crippen molar-refractivity contribution < 1.29 is 29.4 Å². The standard InChI is InChI=1S/C15H26N2O6/c1-4-5-8-16-11(18)7-6-10(13(21)22)17-14(23)15(2,3)9-12(19)20/h10H,4-9H2,1-3H3,(H,16,18)(H,17,23)(H,19,20)(H,21,22).